The molecule has 2 aromatic heterocycles. The van der Waals surface area contributed by atoms with Crippen molar-refractivity contribution in [2.45, 2.75) is 18.7 Å². The molecule has 5 rings (SSSR count). The topological polar surface area (TPSA) is 88.5 Å². The Morgan fingerprint density at radius 2 is 1.81 bits per heavy atom. The molecule has 3 heterocycles. The Hall–Kier alpha value is -3.17. The number of hydrogen-bond donors (Lipinski definition) is 0. The van der Waals surface area contributed by atoms with Crippen molar-refractivity contribution in [1.82, 2.24) is 24.9 Å². The van der Waals surface area contributed by atoms with Crippen molar-refractivity contribution < 1.29 is 13.7 Å². The molecule has 0 unspecified atom stereocenters. The van der Waals surface area contributed by atoms with Gasteiger partial charge in [-0.15, -0.1) is 0 Å². The number of aryl methyl sites for hydroxylation is 1. The fourth-order valence-electron chi connectivity index (χ4n) is 3.61. The number of amides is 1. The molecule has 0 saturated carbocycles. The quantitative estimate of drug-likeness (QED) is 0.413. The minimum Gasteiger partial charge on any atom is -0.431 e. The second-order valence-electron chi connectivity index (χ2n) is 7.77. The number of aromatic nitrogens is 3. The number of para-hydroxylation sites is 2. The predicted octanol–water partition coefficient (Wildman–Crippen LogP) is 3.62. The summed E-state index contributed by atoms with van der Waals surface area (Å²) in [7, 11) is 0. The molecular weight excluding hydrogens is 426 g/mol. The van der Waals surface area contributed by atoms with Crippen molar-refractivity contribution in [1.29, 1.82) is 0 Å². The normalized spacial score (nSPS) is 14.8. The number of oxazole rings is 1. The smallest absolute Gasteiger partial charge is 0.257 e. The Bertz CT molecular complexity index is 1180. The van der Waals surface area contributed by atoms with Gasteiger partial charge in [-0.1, -0.05) is 58.9 Å². The highest BCUT2D eigenvalue weighted by atomic mass is 32.2. The second kappa shape index (κ2) is 9.13. The summed E-state index contributed by atoms with van der Waals surface area (Å²) in [6.07, 6.45) is 0. The first-order valence-corrected chi connectivity index (χ1v) is 11.5. The van der Waals surface area contributed by atoms with Crippen molar-refractivity contribution in [3.05, 3.63) is 60.0 Å². The zero-order chi connectivity index (χ0) is 21.9. The number of carbonyl (C=O) groups excluding carboxylic acids is 1. The molecule has 0 aliphatic carbocycles. The highest BCUT2D eigenvalue weighted by Gasteiger charge is 2.23. The van der Waals surface area contributed by atoms with E-state index in [9.17, 15) is 4.79 Å². The van der Waals surface area contributed by atoms with Crippen LogP contribution in [0, 0.1) is 6.92 Å². The molecule has 2 aromatic carbocycles. The van der Waals surface area contributed by atoms with Gasteiger partial charge in [0.25, 0.3) is 5.22 Å². The molecule has 8 nitrogen and oxygen atoms in total. The van der Waals surface area contributed by atoms with Crippen molar-refractivity contribution >= 4 is 28.8 Å². The SMILES string of the molecule is Cc1ccc(-c2noc(CN3CCN(C(=O)CSc4nc5ccccc5o4)CC3)n2)cc1. The van der Waals surface area contributed by atoms with Crippen LogP contribution >= 0.6 is 11.8 Å². The van der Waals surface area contributed by atoms with Crippen LogP contribution in [0.4, 0.5) is 0 Å². The van der Waals surface area contributed by atoms with Crippen LogP contribution in [0.25, 0.3) is 22.5 Å². The average Bonchev–Trinajstić information content (AvgIpc) is 3.45. The molecule has 1 amide bonds. The Morgan fingerprint density at radius 1 is 1.03 bits per heavy atom. The number of fused-ring (bicyclic) bond motifs is 1. The molecule has 1 fully saturated rings. The van der Waals surface area contributed by atoms with E-state index in [0.29, 0.717) is 42.3 Å². The van der Waals surface area contributed by atoms with Crippen LogP contribution in [-0.2, 0) is 11.3 Å². The fraction of sp³-hybridized carbons (Fsp3) is 0.304. The van der Waals surface area contributed by atoms with E-state index in [2.05, 4.69) is 20.0 Å². The van der Waals surface area contributed by atoms with Crippen LogP contribution in [0.5, 0.6) is 0 Å². The molecule has 164 valence electrons. The van der Waals surface area contributed by atoms with E-state index in [1.807, 2.05) is 60.4 Å². The van der Waals surface area contributed by atoms with Crippen LogP contribution < -0.4 is 0 Å². The molecule has 0 N–H and O–H groups in total. The number of nitrogens with zero attached hydrogens (tertiary/aromatic N) is 5. The molecule has 0 bridgehead atoms. The summed E-state index contributed by atoms with van der Waals surface area (Å²) < 4.78 is 11.1. The molecule has 0 atom stereocenters. The van der Waals surface area contributed by atoms with Crippen LogP contribution in [0.2, 0.25) is 0 Å². The van der Waals surface area contributed by atoms with Crippen molar-refractivity contribution in [2.24, 2.45) is 0 Å². The molecule has 9 heteroatoms. The van der Waals surface area contributed by atoms with E-state index in [1.54, 1.807) is 0 Å². The number of benzene rings is 2. The van der Waals surface area contributed by atoms with Crippen LogP contribution in [-0.4, -0.2) is 62.8 Å². The van der Waals surface area contributed by atoms with Gasteiger partial charge in [-0.2, -0.15) is 4.98 Å². The van der Waals surface area contributed by atoms with Crippen LogP contribution in [0.1, 0.15) is 11.5 Å². The largest absolute Gasteiger partial charge is 0.431 e. The first-order valence-electron chi connectivity index (χ1n) is 10.5. The van der Waals surface area contributed by atoms with Gasteiger partial charge in [0.2, 0.25) is 17.6 Å². The molecule has 4 aromatic rings. The van der Waals surface area contributed by atoms with Gasteiger partial charge < -0.3 is 13.8 Å². The van der Waals surface area contributed by atoms with E-state index in [0.717, 1.165) is 29.8 Å². The van der Waals surface area contributed by atoms with Gasteiger partial charge in [0.05, 0.1) is 12.3 Å². The summed E-state index contributed by atoms with van der Waals surface area (Å²) in [6, 6.07) is 15.7. The number of rotatable bonds is 6. The highest BCUT2D eigenvalue weighted by molar-refractivity contribution is 7.99. The maximum atomic E-state index is 12.6. The number of piperazine rings is 1. The van der Waals surface area contributed by atoms with Gasteiger partial charge in [0.1, 0.15) is 5.52 Å². The van der Waals surface area contributed by atoms with Gasteiger partial charge in [0, 0.05) is 31.7 Å². The first kappa shape index (κ1) is 20.7. The first-order chi connectivity index (χ1) is 15.6. The third-order valence-electron chi connectivity index (χ3n) is 5.46. The van der Waals surface area contributed by atoms with Gasteiger partial charge in [-0.25, -0.2) is 4.98 Å². The fourth-order valence-corrected chi connectivity index (χ4v) is 4.35. The lowest BCUT2D eigenvalue weighted by molar-refractivity contribution is -0.130. The van der Waals surface area contributed by atoms with Crippen molar-refractivity contribution in [3.63, 3.8) is 0 Å². The van der Waals surface area contributed by atoms with E-state index in [1.165, 1.54) is 17.3 Å². The Kier molecular flexibility index (Phi) is 5.91. The van der Waals surface area contributed by atoms with Gasteiger partial charge in [-0.3, -0.25) is 9.69 Å². The van der Waals surface area contributed by atoms with E-state index < -0.39 is 0 Å². The van der Waals surface area contributed by atoms with Gasteiger partial charge in [-0.05, 0) is 19.1 Å². The summed E-state index contributed by atoms with van der Waals surface area (Å²) in [5.41, 5.74) is 3.68. The number of carbonyl (C=O) groups is 1. The Labute approximate surface area is 189 Å². The van der Waals surface area contributed by atoms with Crippen LogP contribution in [0.3, 0.4) is 0 Å². The minimum absolute atomic E-state index is 0.0938. The van der Waals surface area contributed by atoms with E-state index >= 15 is 0 Å². The maximum absolute atomic E-state index is 12.6. The third kappa shape index (κ3) is 4.68. The molecule has 1 aliphatic rings. The standard InChI is InChI=1S/C23H23N5O3S/c1-16-6-8-17(9-7-16)22-25-20(31-26-22)14-27-10-12-28(13-11-27)21(29)15-32-23-24-18-4-2-3-5-19(18)30-23/h2-9H,10-15H2,1H3. The molecule has 1 aliphatic heterocycles. The zero-order valence-corrected chi connectivity index (χ0v) is 18.5. The van der Waals surface area contributed by atoms with Gasteiger partial charge >= 0.3 is 0 Å². The molecule has 0 radical (unpaired) electrons. The summed E-state index contributed by atoms with van der Waals surface area (Å²) in [5, 5.41) is 4.63. The molecule has 32 heavy (non-hydrogen) atoms. The summed E-state index contributed by atoms with van der Waals surface area (Å²) in [6.45, 7) is 5.50. The maximum Gasteiger partial charge on any atom is 0.257 e. The predicted molar refractivity (Wildman–Crippen MR) is 121 cm³/mol. The van der Waals surface area contributed by atoms with E-state index in [-0.39, 0.29) is 5.91 Å². The highest BCUT2D eigenvalue weighted by Crippen LogP contribution is 2.23. The zero-order valence-electron chi connectivity index (χ0n) is 17.7. The second-order valence-corrected chi connectivity index (χ2v) is 8.70. The lowest BCUT2D eigenvalue weighted by atomic mass is 10.1. The number of hydrogen-bond acceptors (Lipinski definition) is 8. The van der Waals surface area contributed by atoms with E-state index in [4.69, 9.17) is 8.94 Å². The van der Waals surface area contributed by atoms with Crippen molar-refractivity contribution in [2.75, 3.05) is 31.9 Å². The third-order valence-corrected chi connectivity index (χ3v) is 6.27. The molecule has 0 spiro atoms. The van der Waals surface area contributed by atoms with Crippen LogP contribution in [0.15, 0.2) is 62.7 Å². The van der Waals surface area contributed by atoms with Crippen molar-refractivity contribution in [3.8, 4) is 11.4 Å². The molecule has 1 saturated heterocycles. The Morgan fingerprint density at radius 3 is 2.59 bits per heavy atom. The monoisotopic (exact) mass is 449 g/mol. The summed E-state index contributed by atoms with van der Waals surface area (Å²) in [5.74, 6) is 1.60. The molecular formula is C23H23N5O3S. The summed E-state index contributed by atoms with van der Waals surface area (Å²) in [4.78, 5) is 25.7. The lowest BCUT2D eigenvalue weighted by Gasteiger charge is -2.33. The lowest BCUT2D eigenvalue weighted by Crippen LogP contribution is -2.48. The number of thioether (sulfide) groups is 1. The average molecular weight is 450 g/mol. The van der Waals surface area contributed by atoms with Gasteiger partial charge in [0.15, 0.2) is 5.58 Å². The summed E-state index contributed by atoms with van der Waals surface area (Å²) >= 11 is 1.34. The minimum atomic E-state index is 0.0938. The Balaban J connectivity index is 1.10.